The fourth-order valence-corrected chi connectivity index (χ4v) is 5.07. The van der Waals surface area contributed by atoms with Gasteiger partial charge in [0.1, 0.15) is 17.5 Å². The van der Waals surface area contributed by atoms with Crippen molar-refractivity contribution in [3.8, 4) is 0 Å². The molecule has 3 heterocycles. The quantitative estimate of drug-likeness (QED) is 0.699. The Hall–Kier alpha value is -2.84. The van der Waals surface area contributed by atoms with Crippen LogP contribution < -0.4 is 15.1 Å². The minimum absolute atomic E-state index is 0.0379. The van der Waals surface area contributed by atoms with Gasteiger partial charge in [-0.05, 0) is 58.6 Å². The Morgan fingerprint density at radius 1 is 1.12 bits per heavy atom. The molecule has 0 saturated carbocycles. The van der Waals surface area contributed by atoms with Gasteiger partial charge in [0.05, 0.1) is 5.69 Å². The minimum atomic E-state index is -0.547. The van der Waals surface area contributed by atoms with Crippen molar-refractivity contribution in [2.75, 3.05) is 36.5 Å². The van der Waals surface area contributed by atoms with E-state index in [2.05, 4.69) is 10.2 Å². The molecule has 1 unspecified atom stereocenters. The number of nitrogens with one attached hydrogen (secondary N) is 1. The number of fused-ring (bicyclic) bond motifs is 1. The molecule has 0 bridgehead atoms. The molecular formula is C24H33FN4O4. The Kier molecular flexibility index (Phi) is 6.24. The lowest BCUT2D eigenvalue weighted by molar-refractivity contribution is -0.134. The van der Waals surface area contributed by atoms with Gasteiger partial charge in [0, 0.05) is 50.4 Å². The molecule has 0 spiro atoms. The Morgan fingerprint density at radius 2 is 1.82 bits per heavy atom. The molecule has 3 aliphatic rings. The van der Waals surface area contributed by atoms with E-state index in [0.717, 1.165) is 24.1 Å². The number of piperidine rings is 2. The van der Waals surface area contributed by atoms with Gasteiger partial charge in [-0.15, -0.1) is 0 Å². The Balaban J connectivity index is 1.47. The van der Waals surface area contributed by atoms with Gasteiger partial charge in [0.2, 0.25) is 11.8 Å². The third-order valence-electron chi connectivity index (χ3n) is 6.72. The van der Waals surface area contributed by atoms with Crippen LogP contribution in [0.1, 0.15) is 52.0 Å². The third kappa shape index (κ3) is 4.77. The van der Waals surface area contributed by atoms with E-state index in [-0.39, 0.29) is 29.8 Å². The molecule has 1 aromatic rings. The van der Waals surface area contributed by atoms with Crippen LogP contribution in [0.5, 0.6) is 0 Å². The Bertz CT molecular complexity index is 953. The largest absolute Gasteiger partial charge is 0.444 e. The number of nitrogens with zero attached hydrogens (tertiary/aromatic N) is 3. The number of imide groups is 1. The van der Waals surface area contributed by atoms with Crippen molar-refractivity contribution in [2.24, 2.45) is 0 Å². The molecule has 2 saturated heterocycles. The topological polar surface area (TPSA) is 82.2 Å². The lowest BCUT2D eigenvalue weighted by Crippen LogP contribution is -2.52. The second-order valence-corrected chi connectivity index (χ2v) is 10.1. The first-order valence-corrected chi connectivity index (χ1v) is 11.7. The number of amides is 3. The van der Waals surface area contributed by atoms with Crippen LogP contribution in [0.3, 0.4) is 0 Å². The van der Waals surface area contributed by atoms with Crippen LogP contribution in [0.4, 0.5) is 20.6 Å². The molecule has 1 N–H and O–H groups in total. The van der Waals surface area contributed by atoms with Crippen LogP contribution in [0.2, 0.25) is 0 Å². The van der Waals surface area contributed by atoms with E-state index in [1.54, 1.807) is 18.0 Å². The first kappa shape index (κ1) is 23.3. The standard InChI is InChI=1S/C24H33FN4O4/c1-24(2,3)33-23(32)27(4)15-9-12-28(13-10-15)21-16-11-14-29(18(16)6-5-17(21)25)19-7-8-20(30)26-22(19)31/h5-6,15,19H,7-14H2,1-4H3,(H,26,30,31). The number of ether oxygens (including phenoxy) is 1. The number of carbonyl (C=O) groups excluding carboxylic acids is 3. The zero-order valence-electron chi connectivity index (χ0n) is 19.8. The number of carbonyl (C=O) groups is 3. The molecule has 1 aromatic carbocycles. The monoisotopic (exact) mass is 460 g/mol. The first-order chi connectivity index (χ1) is 15.5. The predicted octanol–water partition coefficient (Wildman–Crippen LogP) is 2.83. The van der Waals surface area contributed by atoms with E-state index in [1.165, 1.54) is 6.07 Å². The highest BCUT2D eigenvalue weighted by molar-refractivity contribution is 6.02. The van der Waals surface area contributed by atoms with Crippen LogP contribution in [0.25, 0.3) is 0 Å². The van der Waals surface area contributed by atoms with Crippen LogP contribution in [-0.4, -0.2) is 67.2 Å². The fourth-order valence-electron chi connectivity index (χ4n) is 5.07. The molecule has 180 valence electrons. The van der Waals surface area contributed by atoms with E-state index in [1.807, 2.05) is 25.7 Å². The molecule has 0 aromatic heterocycles. The molecule has 2 fully saturated rings. The van der Waals surface area contributed by atoms with E-state index in [4.69, 9.17) is 4.74 Å². The smallest absolute Gasteiger partial charge is 0.410 e. The second-order valence-electron chi connectivity index (χ2n) is 10.1. The number of rotatable bonds is 3. The van der Waals surface area contributed by atoms with Crippen molar-refractivity contribution in [3.05, 3.63) is 23.5 Å². The number of halogens is 1. The highest BCUT2D eigenvalue weighted by atomic mass is 19.1. The summed E-state index contributed by atoms with van der Waals surface area (Å²) in [5.41, 5.74) is 1.84. The molecule has 3 amide bonds. The lowest BCUT2D eigenvalue weighted by Gasteiger charge is -2.39. The van der Waals surface area contributed by atoms with Crippen molar-refractivity contribution >= 4 is 29.3 Å². The van der Waals surface area contributed by atoms with E-state index in [0.29, 0.717) is 44.6 Å². The van der Waals surface area contributed by atoms with Crippen molar-refractivity contribution in [3.63, 3.8) is 0 Å². The number of hydrogen-bond acceptors (Lipinski definition) is 6. The van der Waals surface area contributed by atoms with Crippen molar-refractivity contribution in [1.82, 2.24) is 10.2 Å². The lowest BCUT2D eigenvalue weighted by atomic mass is 10.0. The van der Waals surface area contributed by atoms with Gasteiger partial charge in [-0.3, -0.25) is 14.9 Å². The molecule has 8 nitrogen and oxygen atoms in total. The summed E-state index contributed by atoms with van der Waals surface area (Å²) in [7, 11) is 1.76. The van der Waals surface area contributed by atoms with E-state index in [9.17, 15) is 14.4 Å². The summed E-state index contributed by atoms with van der Waals surface area (Å²) in [5.74, 6) is -0.788. The van der Waals surface area contributed by atoms with E-state index < -0.39 is 11.6 Å². The molecule has 33 heavy (non-hydrogen) atoms. The van der Waals surface area contributed by atoms with Gasteiger partial charge >= 0.3 is 6.09 Å². The summed E-state index contributed by atoms with van der Waals surface area (Å²) in [6.07, 6.45) is 2.53. The average molecular weight is 461 g/mol. The average Bonchev–Trinajstić information content (AvgIpc) is 3.16. The van der Waals surface area contributed by atoms with Gasteiger partial charge < -0.3 is 19.4 Å². The van der Waals surface area contributed by atoms with Crippen molar-refractivity contribution in [1.29, 1.82) is 0 Å². The highest BCUT2D eigenvalue weighted by Gasteiger charge is 2.37. The van der Waals surface area contributed by atoms with Crippen molar-refractivity contribution < 1.29 is 23.5 Å². The fraction of sp³-hybridized carbons (Fsp3) is 0.625. The van der Waals surface area contributed by atoms with Crippen molar-refractivity contribution in [2.45, 2.75) is 70.6 Å². The Labute approximate surface area is 194 Å². The van der Waals surface area contributed by atoms with Gasteiger partial charge in [0.15, 0.2) is 0 Å². The van der Waals surface area contributed by atoms with E-state index >= 15 is 4.39 Å². The molecule has 4 rings (SSSR count). The molecule has 0 radical (unpaired) electrons. The van der Waals surface area contributed by atoms with Crippen LogP contribution in [0.15, 0.2) is 12.1 Å². The summed E-state index contributed by atoms with van der Waals surface area (Å²) < 4.78 is 20.5. The highest BCUT2D eigenvalue weighted by Crippen LogP contribution is 2.40. The third-order valence-corrected chi connectivity index (χ3v) is 6.72. The zero-order valence-corrected chi connectivity index (χ0v) is 19.8. The maximum Gasteiger partial charge on any atom is 0.410 e. The molecule has 3 aliphatic heterocycles. The van der Waals surface area contributed by atoms with Gasteiger partial charge in [-0.1, -0.05) is 0 Å². The number of benzene rings is 1. The molecular weight excluding hydrogens is 427 g/mol. The summed E-state index contributed by atoms with van der Waals surface area (Å²) in [4.78, 5) is 42.1. The molecule has 0 aliphatic carbocycles. The number of anilines is 2. The van der Waals surface area contributed by atoms with Gasteiger partial charge in [0.25, 0.3) is 0 Å². The Morgan fingerprint density at radius 3 is 2.45 bits per heavy atom. The van der Waals surface area contributed by atoms with Crippen LogP contribution in [0, 0.1) is 5.82 Å². The molecule has 1 atom stereocenters. The zero-order chi connectivity index (χ0) is 23.9. The first-order valence-electron chi connectivity index (χ1n) is 11.7. The van der Waals surface area contributed by atoms with Crippen LogP contribution in [-0.2, 0) is 20.7 Å². The number of hydrogen-bond donors (Lipinski definition) is 1. The summed E-state index contributed by atoms with van der Waals surface area (Å²) in [6.45, 7) is 7.41. The predicted molar refractivity (Wildman–Crippen MR) is 123 cm³/mol. The second kappa shape index (κ2) is 8.83. The van der Waals surface area contributed by atoms with Crippen LogP contribution >= 0.6 is 0 Å². The normalized spacial score (nSPS) is 21.7. The summed E-state index contributed by atoms with van der Waals surface area (Å²) in [5, 5.41) is 2.42. The SMILES string of the molecule is CN(C(=O)OC(C)(C)C)C1CCN(c2c(F)ccc3c2CCN3C2CCC(=O)NC2=O)CC1. The maximum absolute atomic E-state index is 15.0. The van der Waals surface area contributed by atoms with Gasteiger partial charge in [-0.2, -0.15) is 0 Å². The molecule has 9 heteroatoms. The minimum Gasteiger partial charge on any atom is -0.444 e. The summed E-state index contributed by atoms with van der Waals surface area (Å²) >= 11 is 0. The summed E-state index contributed by atoms with van der Waals surface area (Å²) in [6, 6.07) is 2.84. The maximum atomic E-state index is 15.0. The van der Waals surface area contributed by atoms with Gasteiger partial charge in [-0.25, -0.2) is 9.18 Å².